The van der Waals surface area contributed by atoms with Crippen LogP contribution in [-0.4, -0.2) is 58.8 Å². The Morgan fingerprint density at radius 1 is 1.35 bits per heavy atom. The highest BCUT2D eigenvalue weighted by Gasteiger charge is 2.11. The second-order valence-electron chi connectivity index (χ2n) is 3.90. The maximum absolute atomic E-state index is 10.6. The van der Waals surface area contributed by atoms with Gasteiger partial charge in [-0.05, 0) is 0 Å². The number of morpholine rings is 1. The minimum atomic E-state index is -0.996. The molecule has 0 radical (unpaired) electrons. The Hall–Kier alpha value is -1.53. The van der Waals surface area contributed by atoms with Crippen LogP contribution in [0.1, 0.15) is 16.2 Å². The van der Waals surface area contributed by atoms with Crippen molar-refractivity contribution in [2.45, 2.75) is 6.42 Å². The van der Waals surface area contributed by atoms with Gasteiger partial charge in [-0.15, -0.1) is 0 Å². The predicted molar refractivity (Wildman–Crippen MR) is 60.0 cm³/mol. The number of carboxylic acids is 1. The van der Waals surface area contributed by atoms with Gasteiger partial charge in [0.05, 0.1) is 18.8 Å². The summed E-state index contributed by atoms with van der Waals surface area (Å²) < 4.78 is 5.26. The van der Waals surface area contributed by atoms with Crippen molar-refractivity contribution in [1.29, 1.82) is 0 Å². The molecule has 0 amide bonds. The molecule has 0 aromatic carbocycles. The third-order valence-corrected chi connectivity index (χ3v) is 2.71. The number of ether oxygens (including phenoxy) is 1. The highest BCUT2D eigenvalue weighted by atomic mass is 16.5. The van der Waals surface area contributed by atoms with E-state index < -0.39 is 5.97 Å². The maximum atomic E-state index is 10.6. The number of hydrogen-bond acceptors (Lipinski definition) is 5. The Morgan fingerprint density at radius 3 is 2.59 bits per heavy atom. The molecule has 92 valence electrons. The van der Waals surface area contributed by atoms with Crippen molar-refractivity contribution in [2.24, 2.45) is 0 Å². The van der Waals surface area contributed by atoms with Crippen LogP contribution in [-0.2, 0) is 11.2 Å². The summed E-state index contributed by atoms with van der Waals surface area (Å²) in [5.74, 6) is -0.314. The van der Waals surface area contributed by atoms with E-state index in [1.54, 1.807) is 0 Å². The Kier molecular flexibility index (Phi) is 4.00. The van der Waals surface area contributed by atoms with Gasteiger partial charge in [0.1, 0.15) is 5.82 Å². The molecule has 0 atom stereocenters. The van der Waals surface area contributed by atoms with Gasteiger partial charge in [0.25, 0.3) is 0 Å². The van der Waals surface area contributed by atoms with Gasteiger partial charge in [0.2, 0.25) is 0 Å². The Bertz CT molecular complexity index is 374. The zero-order valence-corrected chi connectivity index (χ0v) is 9.50. The van der Waals surface area contributed by atoms with E-state index in [2.05, 4.69) is 14.9 Å². The van der Waals surface area contributed by atoms with E-state index in [0.29, 0.717) is 5.82 Å². The number of aromatic carboxylic acids is 1. The number of hydrogen-bond donors (Lipinski definition) is 1. The van der Waals surface area contributed by atoms with Crippen LogP contribution in [0.25, 0.3) is 0 Å². The molecule has 1 aliphatic rings. The first-order valence-corrected chi connectivity index (χ1v) is 5.60. The summed E-state index contributed by atoms with van der Waals surface area (Å²) in [6.07, 6.45) is 3.44. The monoisotopic (exact) mass is 237 g/mol. The molecule has 2 heterocycles. The summed E-state index contributed by atoms with van der Waals surface area (Å²) in [6.45, 7) is 4.31. The summed E-state index contributed by atoms with van der Waals surface area (Å²) in [5, 5.41) is 8.71. The zero-order chi connectivity index (χ0) is 12.1. The van der Waals surface area contributed by atoms with Crippen LogP contribution < -0.4 is 0 Å². The molecule has 6 heteroatoms. The van der Waals surface area contributed by atoms with Crippen LogP contribution in [0.15, 0.2) is 12.4 Å². The van der Waals surface area contributed by atoms with Crippen molar-refractivity contribution in [3.8, 4) is 0 Å². The van der Waals surface area contributed by atoms with Gasteiger partial charge in [-0.1, -0.05) is 0 Å². The standard InChI is InChI=1S/C11H15N3O3/c15-11(16)9-7-12-10(13-8-9)1-2-14-3-5-17-6-4-14/h7-8H,1-6H2,(H,15,16). The lowest BCUT2D eigenvalue weighted by Crippen LogP contribution is -2.37. The van der Waals surface area contributed by atoms with Crippen LogP contribution in [0.5, 0.6) is 0 Å². The normalized spacial score (nSPS) is 16.9. The topological polar surface area (TPSA) is 75.5 Å². The highest BCUT2D eigenvalue weighted by Crippen LogP contribution is 2.01. The molecular weight excluding hydrogens is 222 g/mol. The van der Waals surface area contributed by atoms with E-state index in [0.717, 1.165) is 39.3 Å². The lowest BCUT2D eigenvalue weighted by Gasteiger charge is -2.26. The van der Waals surface area contributed by atoms with E-state index >= 15 is 0 Å². The first kappa shape index (κ1) is 11.9. The summed E-state index contributed by atoms with van der Waals surface area (Å²) in [7, 11) is 0. The molecule has 1 aromatic heterocycles. The van der Waals surface area contributed by atoms with E-state index in [1.807, 2.05) is 0 Å². The molecule has 6 nitrogen and oxygen atoms in total. The predicted octanol–water partition coefficient (Wildman–Crippen LogP) is 0.0495. The van der Waals surface area contributed by atoms with Crippen molar-refractivity contribution >= 4 is 5.97 Å². The van der Waals surface area contributed by atoms with Crippen LogP contribution in [0.3, 0.4) is 0 Å². The second kappa shape index (κ2) is 5.70. The van der Waals surface area contributed by atoms with E-state index in [-0.39, 0.29) is 5.56 Å². The lowest BCUT2D eigenvalue weighted by atomic mass is 10.3. The molecule has 2 rings (SSSR count). The van der Waals surface area contributed by atoms with Gasteiger partial charge in [0.15, 0.2) is 0 Å². The minimum absolute atomic E-state index is 0.125. The summed E-state index contributed by atoms with van der Waals surface area (Å²) >= 11 is 0. The van der Waals surface area contributed by atoms with Crippen molar-refractivity contribution in [2.75, 3.05) is 32.8 Å². The highest BCUT2D eigenvalue weighted by molar-refractivity contribution is 5.86. The number of carbonyl (C=O) groups is 1. The molecule has 1 aliphatic heterocycles. The Morgan fingerprint density at radius 2 is 2.00 bits per heavy atom. The van der Waals surface area contributed by atoms with Gasteiger partial charge in [0, 0.05) is 38.4 Å². The lowest BCUT2D eigenvalue weighted by molar-refractivity contribution is 0.0382. The van der Waals surface area contributed by atoms with Gasteiger partial charge in [-0.2, -0.15) is 0 Å². The summed E-state index contributed by atoms with van der Waals surface area (Å²) in [4.78, 5) is 21.0. The van der Waals surface area contributed by atoms with E-state index in [1.165, 1.54) is 12.4 Å². The van der Waals surface area contributed by atoms with E-state index in [9.17, 15) is 4.79 Å². The van der Waals surface area contributed by atoms with E-state index in [4.69, 9.17) is 9.84 Å². The van der Waals surface area contributed by atoms with Gasteiger partial charge in [-0.25, -0.2) is 14.8 Å². The number of nitrogens with zero attached hydrogens (tertiary/aromatic N) is 3. The van der Waals surface area contributed by atoms with Crippen molar-refractivity contribution in [3.05, 3.63) is 23.8 Å². The SMILES string of the molecule is O=C(O)c1cnc(CCN2CCOCC2)nc1. The number of carboxylic acid groups (broad SMARTS) is 1. The van der Waals surface area contributed by atoms with Crippen molar-refractivity contribution < 1.29 is 14.6 Å². The third-order valence-electron chi connectivity index (χ3n) is 2.71. The molecule has 0 saturated carbocycles. The van der Waals surface area contributed by atoms with Crippen molar-refractivity contribution in [3.63, 3.8) is 0 Å². The van der Waals surface area contributed by atoms with Crippen LogP contribution in [0.2, 0.25) is 0 Å². The zero-order valence-electron chi connectivity index (χ0n) is 9.50. The van der Waals surface area contributed by atoms with Gasteiger partial charge >= 0.3 is 5.97 Å². The summed E-state index contributed by atoms with van der Waals surface area (Å²) in [5.41, 5.74) is 0.125. The van der Waals surface area contributed by atoms with Crippen LogP contribution in [0.4, 0.5) is 0 Å². The fourth-order valence-corrected chi connectivity index (χ4v) is 1.68. The molecule has 1 aromatic rings. The third kappa shape index (κ3) is 3.47. The fourth-order valence-electron chi connectivity index (χ4n) is 1.68. The first-order chi connectivity index (χ1) is 8.25. The number of rotatable bonds is 4. The van der Waals surface area contributed by atoms with Gasteiger partial charge < -0.3 is 9.84 Å². The van der Waals surface area contributed by atoms with Crippen molar-refractivity contribution in [1.82, 2.24) is 14.9 Å². The maximum Gasteiger partial charge on any atom is 0.338 e. The average Bonchev–Trinajstić information content (AvgIpc) is 2.38. The van der Waals surface area contributed by atoms with Gasteiger partial charge in [-0.3, -0.25) is 4.90 Å². The molecule has 17 heavy (non-hydrogen) atoms. The largest absolute Gasteiger partial charge is 0.478 e. The molecule has 1 saturated heterocycles. The van der Waals surface area contributed by atoms with Crippen LogP contribution in [0, 0.1) is 0 Å². The number of aromatic nitrogens is 2. The molecule has 0 aliphatic carbocycles. The fraction of sp³-hybridized carbons (Fsp3) is 0.545. The Labute approximate surface area is 99.2 Å². The molecular formula is C11H15N3O3. The quantitative estimate of drug-likeness (QED) is 0.797. The molecule has 0 bridgehead atoms. The first-order valence-electron chi connectivity index (χ1n) is 5.60. The Balaban J connectivity index is 1.84. The molecule has 0 spiro atoms. The smallest absolute Gasteiger partial charge is 0.338 e. The molecule has 0 unspecified atom stereocenters. The average molecular weight is 237 g/mol. The summed E-state index contributed by atoms with van der Waals surface area (Å²) in [6, 6.07) is 0. The molecule has 1 N–H and O–H groups in total. The second-order valence-corrected chi connectivity index (χ2v) is 3.90. The molecule has 1 fully saturated rings. The minimum Gasteiger partial charge on any atom is -0.478 e. The van der Waals surface area contributed by atoms with Crippen LogP contribution >= 0.6 is 0 Å².